The lowest BCUT2D eigenvalue weighted by molar-refractivity contribution is -0.187. The highest BCUT2D eigenvalue weighted by molar-refractivity contribution is 5.90. The third-order valence-corrected chi connectivity index (χ3v) is 5.38. The second kappa shape index (κ2) is 8.41. The van der Waals surface area contributed by atoms with Gasteiger partial charge in [0.05, 0.1) is 6.61 Å². The molecule has 0 aliphatic carbocycles. The van der Waals surface area contributed by atoms with E-state index in [0.717, 1.165) is 24.2 Å². The molecule has 2 aliphatic heterocycles. The van der Waals surface area contributed by atoms with Crippen molar-refractivity contribution in [2.24, 2.45) is 5.92 Å². The van der Waals surface area contributed by atoms with Gasteiger partial charge in [-0.3, -0.25) is 9.59 Å². The SMILES string of the molecule is Cc1ccc(OCC2CCCN(C(=O)C3CCCN3C(=O)C(F)(F)F)C2)cc1. The lowest BCUT2D eigenvalue weighted by Gasteiger charge is -2.36. The fourth-order valence-corrected chi connectivity index (χ4v) is 3.89. The van der Waals surface area contributed by atoms with Crippen LogP contribution in [0.15, 0.2) is 24.3 Å². The van der Waals surface area contributed by atoms with Crippen molar-refractivity contribution in [3.63, 3.8) is 0 Å². The Morgan fingerprint density at radius 1 is 1.11 bits per heavy atom. The zero-order valence-electron chi connectivity index (χ0n) is 15.9. The minimum absolute atomic E-state index is 0.0252. The molecule has 2 unspecified atom stereocenters. The first-order chi connectivity index (χ1) is 13.3. The molecule has 2 saturated heterocycles. The fraction of sp³-hybridized carbons (Fsp3) is 0.600. The van der Waals surface area contributed by atoms with E-state index in [1.807, 2.05) is 31.2 Å². The van der Waals surface area contributed by atoms with Crippen molar-refractivity contribution in [2.45, 2.75) is 44.8 Å². The van der Waals surface area contributed by atoms with Gasteiger partial charge in [0.1, 0.15) is 11.8 Å². The predicted molar refractivity (Wildman–Crippen MR) is 96.8 cm³/mol. The predicted octanol–water partition coefficient (Wildman–Crippen LogP) is 3.17. The van der Waals surface area contributed by atoms with Crippen molar-refractivity contribution < 1.29 is 27.5 Å². The average Bonchev–Trinajstić information content (AvgIpc) is 3.15. The Bertz CT molecular complexity index is 706. The van der Waals surface area contributed by atoms with E-state index in [2.05, 4.69) is 0 Å². The van der Waals surface area contributed by atoms with E-state index in [-0.39, 0.29) is 24.8 Å². The molecule has 0 saturated carbocycles. The average molecular weight is 398 g/mol. The summed E-state index contributed by atoms with van der Waals surface area (Å²) in [6, 6.07) is 6.68. The van der Waals surface area contributed by atoms with Crippen LogP contribution < -0.4 is 4.74 Å². The van der Waals surface area contributed by atoms with Crippen LogP contribution in [0.1, 0.15) is 31.2 Å². The summed E-state index contributed by atoms with van der Waals surface area (Å²) in [4.78, 5) is 26.7. The van der Waals surface area contributed by atoms with Crippen LogP contribution in [0.4, 0.5) is 13.2 Å². The van der Waals surface area contributed by atoms with Crippen LogP contribution in [0.5, 0.6) is 5.75 Å². The Hall–Kier alpha value is -2.25. The number of hydrogen-bond donors (Lipinski definition) is 0. The zero-order chi connectivity index (χ0) is 20.3. The smallest absolute Gasteiger partial charge is 0.471 e. The molecule has 0 bridgehead atoms. The summed E-state index contributed by atoms with van der Waals surface area (Å²) in [6.07, 6.45) is -2.60. The van der Waals surface area contributed by atoms with E-state index in [1.165, 1.54) is 0 Å². The molecule has 5 nitrogen and oxygen atoms in total. The van der Waals surface area contributed by atoms with E-state index in [4.69, 9.17) is 4.74 Å². The molecule has 0 N–H and O–H groups in total. The molecule has 1 aromatic carbocycles. The first-order valence-electron chi connectivity index (χ1n) is 9.62. The Morgan fingerprint density at radius 3 is 2.46 bits per heavy atom. The van der Waals surface area contributed by atoms with Crippen LogP contribution in [0.2, 0.25) is 0 Å². The summed E-state index contributed by atoms with van der Waals surface area (Å²) in [5.74, 6) is -1.42. The molecule has 154 valence electrons. The molecule has 0 aromatic heterocycles. The summed E-state index contributed by atoms with van der Waals surface area (Å²) >= 11 is 0. The molecule has 2 heterocycles. The number of ether oxygens (including phenoxy) is 1. The normalized spacial score (nSPS) is 23.0. The quantitative estimate of drug-likeness (QED) is 0.783. The van der Waals surface area contributed by atoms with Crippen molar-refractivity contribution in [3.8, 4) is 5.75 Å². The standard InChI is InChI=1S/C20H25F3N2O3/c1-14-6-8-16(9-7-14)28-13-15-4-2-10-24(12-15)18(26)17-5-3-11-25(17)19(27)20(21,22)23/h6-9,15,17H,2-5,10-13H2,1H3. The van der Waals surface area contributed by atoms with E-state index >= 15 is 0 Å². The molecule has 2 aliphatic rings. The molecular formula is C20H25F3N2O3. The van der Waals surface area contributed by atoms with Gasteiger partial charge in [0.25, 0.3) is 0 Å². The largest absolute Gasteiger partial charge is 0.493 e. The van der Waals surface area contributed by atoms with Gasteiger partial charge < -0.3 is 14.5 Å². The van der Waals surface area contributed by atoms with Crippen molar-refractivity contribution in [1.82, 2.24) is 9.80 Å². The van der Waals surface area contributed by atoms with Crippen molar-refractivity contribution in [3.05, 3.63) is 29.8 Å². The number of nitrogens with zero attached hydrogens (tertiary/aromatic N) is 2. The van der Waals surface area contributed by atoms with Gasteiger partial charge in [-0.05, 0) is 44.7 Å². The lowest BCUT2D eigenvalue weighted by Crippen LogP contribution is -2.53. The summed E-state index contributed by atoms with van der Waals surface area (Å²) < 4.78 is 44.2. The Labute approximate surface area is 162 Å². The van der Waals surface area contributed by atoms with Gasteiger partial charge in [-0.1, -0.05) is 17.7 Å². The Kier molecular flexibility index (Phi) is 6.15. The van der Waals surface area contributed by atoms with Crippen LogP contribution in [-0.2, 0) is 9.59 Å². The van der Waals surface area contributed by atoms with E-state index in [0.29, 0.717) is 31.0 Å². The molecule has 8 heteroatoms. The number of carbonyl (C=O) groups excluding carboxylic acids is 2. The van der Waals surface area contributed by atoms with Crippen molar-refractivity contribution >= 4 is 11.8 Å². The minimum atomic E-state index is -4.95. The highest BCUT2D eigenvalue weighted by atomic mass is 19.4. The van der Waals surface area contributed by atoms with Gasteiger partial charge in [0.2, 0.25) is 5.91 Å². The maximum Gasteiger partial charge on any atom is 0.471 e. The third kappa shape index (κ3) is 4.77. The van der Waals surface area contributed by atoms with Crippen LogP contribution in [0, 0.1) is 12.8 Å². The number of amides is 2. The maximum absolute atomic E-state index is 12.8. The van der Waals surface area contributed by atoms with Gasteiger partial charge in [0, 0.05) is 25.6 Å². The number of benzene rings is 1. The lowest BCUT2D eigenvalue weighted by atomic mass is 9.98. The van der Waals surface area contributed by atoms with Crippen LogP contribution in [0.3, 0.4) is 0 Å². The second-order valence-electron chi connectivity index (χ2n) is 7.57. The number of likely N-dealkylation sites (tertiary alicyclic amines) is 2. The highest BCUT2D eigenvalue weighted by Crippen LogP contribution is 2.28. The Balaban J connectivity index is 1.57. The number of halogens is 3. The number of piperidine rings is 1. The number of aryl methyl sites for hydroxylation is 1. The number of carbonyl (C=O) groups is 2. The molecule has 2 amide bonds. The van der Waals surface area contributed by atoms with E-state index in [9.17, 15) is 22.8 Å². The third-order valence-electron chi connectivity index (χ3n) is 5.38. The number of alkyl halides is 3. The molecule has 1 aromatic rings. The molecule has 0 radical (unpaired) electrons. The van der Waals surface area contributed by atoms with Crippen LogP contribution in [-0.4, -0.2) is 60.1 Å². The van der Waals surface area contributed by atoms with Gasteiger partial charge in [-0.2, -0.15) is 13.2 Å². The van der Waals surface area contributed by atoms with Crippen LogP contribution >= 0.6 is 0 Å². The first-order valence-corrected chi connectivity index (χ1v) is 9.62. The molecule has 3 rings (SSSR count). The van der Waals surface area contributed by atoms with Gasteiger partial charge >= 0.3 is 12.1 Å². The topological polar surface area (TPSA) is 49.9 Å². The minimum Gasteiger partial charge on any atom is -0.493 e. The van der Waals surface area contributed by atoms with Gasteiger partial charge in [-0.25, -0.2) is 0 Å². The van der Waals surface area contributed by atoms with E-state index in [1.54, 1.807) is 4.90 Å². The highest BCUT2D eigenvalue weighted by Gasteiger charge is 2.48. The van der Waals surface area contributed by atoms with Crippen molar-refractivity contribution in [2.75, 3.05) is 26.2 Å². The van der Waals surface area contributed by atoms with Gasteiger partial charge in [0.15, 0.2) is 0 Å². The van der Waals surface area contributed by atoms with Crippen LogP contribution in [0.25, 0.3) is 0 Å². The maximum atomic E-state index is 12.8. The van der Waals surface area contributed by atoms with Crippen molar-refractivity contribution in [1.29, 1.82) is 0 Å². The molecule has 28 heavy (non-hydrogen) atoms. The molecule has 2 atom stereocenters. The summed E-state index contributed by atoms with van der Waals surface area (Å²) in [5, 5.41) is 0. The summed E-state index contributed by atoms with van der Waals surface area (Å²) in [6.45, 7) is 3.36. The summed E-state index contributed by atoms with van der Waals surface area (Å²) in [5.41, 5.74) is 1.14. The Morgan fingerprint density at radius 2 is 1.79 bits per heavy atom. The zero-order valence-corrected chi connectivity index (χ0v) is 15.9. The van der Waals surface area contributed by atoms with E-state index < -0.39 is 18.1 Å². The second-order valence-corrected chi connectivity index (χ2v) is 7.57. The summed E-state index contributed by atoms with van der Waals surface area (Å²) in [7, 11) is 0. The molecule has 0 spiro atoms. The fourth-order valence-electron chi connectivity index (χ4n) is 3.89. The number of hydrogen-bond acceptors (Lipinski definition) is 3. The number of rotatable bonds is 4. The van der Waals surface area contributed by atoms with Gasteiger partial charge in [-0.15, -0.1) is 0 Å². The first kappa shape index (κ1) is 20.5. The molecular weight excluding hydrogens is 373 g/mol. The monoisotopic (exact) mass is 398 g/mol. The molecule has 2 fully saturated rings.